The zero-order valence-corrected chi connectivity index (χ0v) is 10.5. The summed E-state index contributed by atoms with van der Waals surface area (Å²) in [6, 6.07) is -0.892. The lowest BCUT2D eigenvalue weighted by atomic mass is 9.93. The smallest absolute Gasteiger partial charge is 0.411 e. The number of carboxylic acid groups (broad SMARTS) is 1. The average Bonchev–Trinajstić information content (AvgIpc) is 2.63. The van der Waals surface area contributed by atoms with Crippen LogP contribution in [0.2, 0.25) is 0 Å². The Morgan fingerprint density at radius 3 is 2.65 bits per heavy atom. The van der Waals surface area contributed by atoms with E-state index in [1.54, 1.807) is 6.08 Å². The first-order valence-corrected chi connectivity index (χ1v) is 5.64. The summed E-state index contributed by atoms with van der Waals surface area (Å²) >= 11 is 0. The molecule has 0 fully saturated rings. The Hall–Kier alpha value is -1.52. The average molecular weight is 241 g/mol. The van der Waals surface area contributed by atoms with E-state index >= 15 is 0 Å². The molecule has 0 bridgehead atoms. The van der Waals surface area contributed by atoms with Gasteiger partial charge in [0.25, 0.3) is 0 Å². The minimum Gasteiger partial charge on any atom is -0.479 e. The molecule has 0 spiro atoms. The Morgan fingerprint density at radius 2 is 2.12 bits per heavy atom. The SMILES string of the molecule is CC(C)(C)CCOC(=O)N1CC=C[C@H]1C(=O)O. The Balaban J connectivity index is 2.41. The largest absolute Gasteiger partial charge is 0.479 e. The highest BCUT2D eigenvalue weighted by atomic mass is 16.6. The van der Waals surface area contributed by atoms with Crippen molar-refractivity contribution in [1.82, 2.24) is 4.90 Å². The number of hydrogen-bond donors (Lipinski definition) is 1. The minimum absolute atomic E-state index is 0.0930. The molecule has 5 heteroatoms. The van der Waals surface area contributed by atoms with Gasteiger partial charge in [-0.25, -0.2) is 9.59 Å². The van der Waals surface area contributed by atoms with Crippen LogP contribution in [0.4, 0.5) is 4.79 Å². The van der Waals surface area contributed by atoms with Crippen molar-refractivity contribution in [2.24, 2.45) is 5.41 Å². The molecule has 1 N–H and O–H groups in total. The summed E-state index contributed by atoms with van der Waals surface area (Å²) in [5.74, 6) is -1.04. The predicted molar refractivity (Wildman–Crippen MR) is 62.7 cm³/mol. The van der Waals surface area contributed by atoms with Crippen molar-refractivity contribution < 1.29 is 19.4 Å². The molecule has 96 valence electrons. The van der Waals surface area contributed by atoms with Gasteiger partial charge in [-0.1, -0.05) is 32.9 Å². The molecule has 0 aromatic rings. The van der Waals surface area contributed by atoms with Gasteiger partial charge in [-0.3, -0.25) is 4.90 Å². The van der Waals surface area contributed by atoms with Gasteiger partial charge < -0.3 is 9.84 Å². The molecule has 1 aliphatic heterocycles. The van der Waals surface area contributed by atoms with Crippen molar-refractivity contribution in [1.29, 1.82) is 0 Å². The van der Waals surface area contributed by atoms with Gasteiger partial charge >= 0.3 is 12.1 Å². The van der Waals surface area contributed by atoms with E-state index in [-0.39, 0.29) is 5.41 Å². The van der Waals surface area contributed by atoms with E-state index in [0.717, 1.165) is 6.42 Å². The maximum atomic E-state index is 11.6. The standard InChI is InChI=1S/C12H19NO4/c1-12(2,3)6-8-17-11(16)13-7-4-5-9(13)10(14)15/h4-5,9H,6-8H2,1-3H3,(H,14,15)/t9-/m0/s1. The highest BCUT2D eigenvalue weighted by Gasteiger charge is 2.31. The van der Waals surface area contributed by atoms with Crippen molar-refractivity contribution in [2.75, 3.05) is 13.2 Å². The Morgan fingerprint density at radius 1 is 1.47 bits per heavy atom. The lowest BCUT2D eigenvalue weighted by Crippen LogP contribution is -2.41. The fourth-order valence-corrected chi connectivity index (χ4v) is 1.45. The molecule has 17 heavy (non-hydrogen) atoms. The summed E-state index contributed by atoms with van der Waals surface area (Å²) in [5, 5.41) is 8.89. The summed E-state index contributed by atoms with van der Waals surface area (Å²) in [5.41, 5.74) is 0.0930. The molecule has 0 unspecified atom stereocenters. The molecular weight excluding hydrogens is 222 g/mol. The van der Waals surface area contributed by atoms with Crippen molar-refractivity contribution >= 4 is 12.1 Å². The van der Waals surface area contributed by atoms with Crippen molar-refractivity contribution in [2.45, 2.75) is 33.2 Å². The van der Waals surface area contributed by atoms with Crippen LogP contribution in [0.15, 0.2) is 12.2 Å². The molecule has 1 amide bonds. The quantitative estimate of drug-likeness (QED) is 0.766. The summed E-state index contributed by atoms with van der Waals surface area (Å²) in [7, 11) is 0. The highest BCUT2D eigenvalue weighted by Crippen LogP contribution is 2.19. The van der Waals surface area contributed by atoms with Crippen LogP contribution in [0.25, 0.3) is 0 Å². The number of aliphatic carboxylic acids is 1. The minimum atomic E-state index is -1.04. The van der Waals surface area contributed by atoms with Crippen LogP contribution in [0.1, 0.15) is 27.2 Å². The van der Waals surface area contributed by atoms with Crippen LogP contribution in [0.5, 0.6) is 0 Å². The van der Waals surface area contributed by atoms with E-state index < -0.39 is 18.1 Å². The van der Waals surface area contributed by atoms with Crippen LogP contribution in [0, 0.1) is 5.41 Å². The van der Waals surface area contributed by atoms with Gasteiger partial charge in [0, 0.05) is 6.54 Å². The normalized spacial score (nSPS) is 19.5. The number of carbonyl (C=O) groups is 2. The summed E-state index contributed by atoms with van der Waals surface area (Å²) < 4.78 is 5.07. The Labute approximate surface area is 101 Å². The number of carboxylic acids is 1. The molecule has 0 radical (unpaired) electrons. The molecular formula is C12H19NO4. The maximum Gasteiger partial charge on any atom is 0.411 e. The predicted octanol–water partition coefficient (Wildman–Crippen LogP) is 1.88. The van der Waals surface area contributed by atoms with Gasteiger partial charge in [-0.05, 0) is 11.8 Å². The third-order valence-corrected chi connectivity index (χ3v) is 2.52. The molecule has 1 atom stereocenters. The van der Waals surface area contributed by atoms with Crippen LogP contribution < -0.4 is 0 Å². The molecule has 1 aliphatic rings. The number of amides is 1. The Bertz CT molecular complexity index is 330. The van der Waals surface area contributed by atoms with Crippen molar-refractivity contribution in [3.8, 4) is 0 Å². The van der Waals surface area contributed by atoms with E-state index in [9.17, 15) is 9.59 Å². The van der Waals surface area contributed by atoms with E-state index in [2.05, 4.69) is 20.8 Å². The molecule has 5 nitrogen and oxygen atoms in total. The lowest BCUT2D eigenvalue weighted by Gasteiger charge is -2.22. The first-order chi connectivity index (χ1) is 7.81. The van der Waals surface area contributed by atoms with Crippen molar-refractivity contribution in [3.63, 3.8) is 0 Å². The third kappa shape index (κ3) is 4.09. The number of rotatable bonds is 3. The van der Waals surface area contributed by atoms with Gasteiger partial charge in [0.2, 0.25) is 0 Å². The van der Waals surface area contributed by atoms with Gasteiger partial charge in [0.1, 0.15) is 0 Å². The summed E-state index contributed by atoms with van der Waals surface area (Å²) in [4.78, 5) is 23.7. The number of carbonyl (C=O) groups excluding carboxylic acids is 1. The van der Waals surface area contributed by atoms with Gasteiger partial charge in [0.15, 0.2) is 6.04 Å². The molecule has 0 saturated heterocycles. The molecule has 1 rings (SSSR count). The first-order valence-electron chi connectivity index (χ1n) is 5.64. The van der Waals surface area contributed by atoms with E-state index in [4.69, 9.17) is 9.84 Å². The zero-order valence-electron chi connectivity index (χ0n) is 10.5. The second kappa shape index (κ2) is 5.21. The molecule has 0 aromatic heterocycles. The molecule has 0 aromatic carbocycles. The van der Waals surface area contributed by atoms with E-state index in [1.807, 2.05) is 0 Å². The second-order valence-corrected chi connectivity index (χ2v) is 5.29. The third-order valence-electron chi connectivity index (χ3n) is 2.52. The van der Waals surface area contributed by atoms with Crippen LogP contribution in [0.3, 0.4) is 0 Å². The monoisotopic (exact) mass is 241 g/mol. The fraction of sp³-hybridized carbons (Fsp3) is 0.667. The number of hydrogen-bond acceptors (Lipinski definition) is 3. The summed E-state index contributed by atoms with van der Waals surface area (Å²) in [6.07, 6.45) is 3.33. The van der Waals surface area contributed by atoms with Crippen LogP contribution in [-0.2, 0) is 9.53 Å². The van der Waals surface area contributed by atoms with Crippen LogP contribution in [-0.4, -0.2) is 41.3 Å². The van der Waals surface area contributed by atoms with Gasteiger partial charge in [-0.2, -0.15) is 0 Å². The number of ether oxygens (including phenoxy) is 1. The highest BCUT2D eigenvalue weighted by molar-refractivity contribution is 5.83. The molecule has 0 saturated carbocycles. The Kier molecular flexibility index (Phi) is 4.15. The molecule has 1 heterocycles. The van der Waals surface area contributed by atoms with Crippen molar-refractivity contribution in [3.05, 3.63) is 12.2 Å². The van der Waals surface area contributed by atoms with Gasteiger partial charge in [0.05, 0.1) is 6.61 Å². The number of nitrogens with zero attached hydrogens (tertiary/aromatic N) is 1. The maximum absolute atomic E-state index is 11.6. The fourth-order valence-electron chi connectivity index (χ4n) is 1.45. The zero-order chi connectivity index (χ0) is 13.1. The lowest BCUT2D eigenvalue weighted by molar-refractivity contribution is -0.140. The topological polar surface area (TPSA) is 66.8 Å². The summed E-state index contributed by atoms with van der Waals surface area (Å²) in [6.45, 7) is 6.77. The molecule has 0 aliphatic carbocycles. The second-order valence-electron chi connectivity index (χ2n) is 5.29. The van der Waals surface area contributed by atoms with E-state index in [0.29, 0.717) is 13.2 Å². The van der Waals surface area contributed by atoms with Gasteiger partial charge in [-0.15, -0.1) is 0 Å². The first kappa shape index (κ1) is 13.5. The van der Waals surface area contributed by atoms with Crippen LogP contribution >= 0.6 is 0 Å². The van der Waals surface area contributed by atoms with E-state index in [1.165, 1.54) is 11.0 Å².